The van der Waals surface area contributed by atoms with E-state index in [9.17, 15) is 0 Å². The van der Waals surface area contributed by atoms with Crippen LogP contribution in [0.3, 0.4) is 0 Å². The number of rotatable bonds is 4. The fourth-order valence-electron chi connectivity index (χ4n) is 3.52. The van der Waals surface area contributed by atoms with E-state index in [2.05, 4.69) is 40.8 Å². The summed E-state index contributed by atoms with van der Waals surface area (Å²) in [4.78, 5) is 2.63. The van der Waals surface area contributed by atoms with Crippen LogP contribution in [0.4, 0.5) is 0 Å². The molecule has 2 fully saturated rings. The number of aryl methyl sites for hydroxylation is 2. The van der Waals surface area contributed by atoms with Crippen LogP contribution in [0.25, 0.3) is 0 Å². The molecule has 1 aromatic heterocycles. The van der Waals surface area contributed by atoms with Crippen molar-refractivity contribution in [2.45, 2.75) is 65.2 Å². The molecule has 0 aromatic carbocycles. The Bertz CT molecular complexity index is 519. The predicted octanol–water partition coefficient (Wildman–Crippen LogP) is 2.83. The first-order valence-electron chi connectivity index (χ1n) is 8.12. The molecule has 1 aromatic rings. The Morgan fingerprint density at radius 2 is 2.10 bits per heavy atom. The molecular weight excluding hydrogens is 284 g/mol. The highest BCUT2D eigenvalue weighted by molar-refractivity contribution is 6.31. The third kappa shape index (κ3) is 3.13. The molecule has 1 N–H and O–H groups in total. The molecule has 2 heterocycles. The Kier molecular flexibility index (Phi) is 4.06. The lowest BCUT2D eigenvalue weighted by Crippen LogP contribution is -2.61. The Balaban J connectivity index is 1.83. The zero-order valence-corrected chi connectivity index (χ0v) is 14.4. The van der Waals surface area contributed by atoms with Crippen LogP contribution < -0.4 is 5.32 Å². The molecule has 1 aliphatic carbocycles. The number of hydrogen-bond donors (Lipinski definition) is 1. The minimum atomic E-state index is 0.171. The van der Waals surface area contributed by atoms with E-state index >= 15 is 0 Å². The van der Waals surface area contributed by atoms with Gasteiger partial charge in [-0.05, 0) is 46.5 Å². The van der Waals surface area contributed by atoms with Crippen molar-refractivity contribution in [1.82, 2.24) is 20.0 Å². The van der Waals surface area contributed by atoms with E-state index in [0.29, 0.717) is 6.04 Å². The predicted molar refractivity (Wildman–Crippen MR) is 86.7 cm³/mol. The topological polar surface area (TPSA) is 33.1 Å². The van der Waals surface area contributed by atoms with Gasteiger partial charge in [0.1, 0.15) is 0 Å². The highest BCUT2D eigenvalue weighted by Crippen LogP contribution is 2.38. The summed E-state index contributed by atoms with van der Waals surface area (Å²) in [7, 11) is 0. The van der Waals surface area contributed by atoms with Crippen molar-refractivity contribution in [3.05, 3.63) is 16.4 Å². The molecule has 1 saturated carbocycles. The van der Waals surface area contributed by atoms with Crippen molar-refractivity contribution >= 4 is 11.6 Å². The smallest absolute Gasteiger partial charge is 0.0860 e. The van der Waals surface area contributed by atoms with E-state index in [1.165, 1.54) is 18.5 Å². The van der Waals surface area contributed by atoms with Crippen LogP contribution in [0.1, 0.15) is 45.0 Å². The molecule has 4 nitrogen and oxygen atoms in total. The van der Waals surface area contributed by atoms with Gasteiger partial charge in [-0.2, -0.15) is 5.10 Å². The number of aromatic nitrogens is 2. The van der Waals surface area contributed by atoms with Gasteiger partial charge in [0.15, 0.2) is 0 Å². The molecule has 0 spiro atoms. The third-order valence-corrected chi connectivity index (χ3v) is 5.32. The average Bonchev–Trinajstić information content (AvgIpc) is 3.21. The number of hydrogen-bond acceptors (Lipinski definition) is 3. The first-order valence-corrected chi connectivity index (χ1v) is 8.50. The van der Waals surface area contributed by atoms with Gasteiger partial charge in [-0.25, -0.2) is 0 Å². The summed E-state index contributed by atoms with van der Waals surface area (Å²) in [5.74, 6) is 0.867. The number of halogens is 1. The van der Waals surface area contributed by atoms with Gasteiger partial charge < -0.3 is 5.32 Å². The zero-order chi connectivity index (χ0) is 15.2. The van der Waals surface area contributed by atoms with Crippen molar-refractivity contribution in [2.75, 3.05) is 13.1 Å². The van der Waals surface area contributed by atoms with Crippen molar-refractivity contribution in [3.63, 3.8) is 0 Å². The molecular formula is C16H27ClN4. The summed E-state index contributed by atoms with van der Waals surface area (Å²) in [6.07, 6.45) is 2.76. The van der Waals surface area contributed by atoms with Gasteiger partial charge in [-0.1, -0.05) is 11.6 Å². The highest BCUT2D eigenvalue weighted by Gasteiger charge is 2.41. The fraction of sp³-hybridized carbons (Fsp3) is 0.812. The molecule has 1 atom stereocenters. The van der Waals surface area contributed by atoms with Crippen LogP contribution in [-0.2, 0) is 13.1 Å². The van der Waals surface area contributed by atoms with Crippen LogP contribution in [0.5, 0.6) is 0 Å². The molecule has 5 heteroatoms. The summed E-state index contributed by atoms with van der Waals surface area (Å²) in [5, 5.41) is 9.11. The minimum Gasteiger partial charge on any atom is -0.309 e. The molecule has 1 unspecified atom stereocenters. The van der Waals surface area contributed by atoms with Gasteiger partial charge in [0.05, 0.1) is 16.4 Å². The van der Waals surface area contributed by atoms with E-state index in [-0.39, 0.29) is 5.54 Å². The second kappa shape index (κ2) is 5.56. The summed E-state index contributed by atoms with van der Waals surface area (Å²) < 4.78 is 2.07. The van der Waals surface area contributed by atoms with Gasteiger partial charge in [0.25, 0.3) is 0 Å². The van der Waals surface area contributed by atoms with Crippen LogP contribution in [0.2, 0.25) is 5.02 Å². The maximum atomic E-state index is 6.50. The number of nitrogens with one attached hydrogen (secondary N) is 1. The quantitative estimate of drug-likeness (QED) is 0.928. The van der Waals surface area contributed by atoms with Crippen LogP contribution in [0.15, 0.2) is 0 Å². The van der Waals surface area contributed by atoms with E-state index in [4.69, 9.17) is 11.6 Å². The Morgan fingerprint density at radius 1 is 1.38 bits per heavy atom. The Morgan fingerprint density at radius 3 is 2.71 bits per heavy atom. The Labute approximate surface area is 132 Å². The summed E-state index contributed by atoms with van der Waals surface area (Å²) >= 11 is 6.50. The maximum absolute atomic E-state index is 6.50. The van der Waals surface area contributed by atoms with Gasteiger partial charge >= 0.3 is 0 Å². The van der Waals surface area contributed by atoms with E-state index < -0.39 is 0 Å². The first kappa shape index (κ1) is 15.3. The van der Waals surface area contributed by atoms with E-state index in [1.54, 1.807) is 0 Å². The minimum absolute atomic E-state index is 0.171. The van der Waals surface area contributed by atoms with E-state index in [0.717, 1.165) is 42.8 Å². The Hall–Kier alpha value is -0.580. The second-order valence-electron chi connectivity index (χ2n) is 7.24. The molecule has 0 bridgehead atoms. The molecule has 2 aliphatic rings. The maximum Gasteiger partial charge on any atom is 0.0860 e. The molecule has 1 aliphatic heterocycles. The second-order valence-corrected chi connectivity index (χ2v) is 7.61. The largest absolute Gasteiger partial charge is 0.309 e. The van der Waals surface area contributed by atoms with E-state index in [1.807, 2.05) is 6.92 Å². The molecule has 21 heavy (non-hydrogen) atoms. The number of piperazine rings is 1. The monoisotopic (exact) mass is 310 g/mol. The zero-order valence-electron chi connectivity index (χ0n) is 13.6. The summed E-state index contributed by atoms with van der Waals surface area (Å²) in [6, 6.07) is 0.648. The van der Waals surface area contributed by atoms with Gasteiger partial charge in [0.2, 0.25) is 0 Å². The van der Waals surface area contributed by atoms with Gasteiger partial charge in [-0.15, -0.1) is 0 Å². The third-order valence-electron chi connectivity index (χ3n) is 4.83. The van der Waals surface area contributed by atoms with Crippen LogP contribution in [-0.4, -0.2) is 39.4 Å². The van der Waals surface area contributed by atoms with Gasteiger partial charge in [0, 0.05) is 37.8 Å². The van der Waals surface area contributed by atoms with Crippen molar-refractivity contribution in [1.29, 1.82) is 0 Å². The van der Waals surface area contributed by atoms with Crippen molar-refractivity contribution in [3.8, 4) is 0 Å². The van der Waals surface area contributed by atoms with Gasteiger partial charge in [-0.3, -0.25) is 9.58 Å². The first-order chi connectivity index (χ1) is 9.91. The molecule has 0 amide bonds. The molecule has 1 saturated heterocycles. The van der Waals surface area contributed by atoms with Crippen LogP contribution in [0, 0.1) is 12.8 Å². The fourth-order valence-corrected chi connectivity index (χ4v) is 3.72. The lowest BCUT2D eigenvalue weighted by molar-refractivity contribution is 0.0735. The normalized spacial score (nSPS) is 26.2. The van der Waals surface area contributed by atoms with Crippen molar-refractivity contribution in [2.24, 2.45) is 5.92 Å². The van der Waals surface area contributed by atoms with Crippen LogP contribution >= 0.6 is 11.6 Å². The lowest BCUT2D eigenvalue weighted by atomic mass is 9.96. The molecule has 3 rings (SSSR count). The number of nitrogens with zero attached hydrogens (tertiary/aromatic N) is 3. The highest BCUT2D eigenvalue weighted by atomic mass is 35.5. The average molecular weight is 311 g/mol. The molecule has 0 radical (unpaired) electrons. The standard InChI is InChI=1S/C16H27ClN4/c1-5-21-14(15(17)11(2)19-21)9-20-10-16(3,4)18-8-13(20)12-6-7-12/h12-13,18H,5-10H2,1-4H3. The lowest BCUT2D eigenvalue weighted by Gasteiger charge is -2.45. The van der Waals surface area contributed by atoms with Crippen molar-refractivity contribution < 1.29 is 0 Å². The summed E-state index contributed by atoms with van der Waals surface area (Å²) in [5.41, 5.74) is 2.30. The molecule has 118 valence electrons. The SMILES string of the molecule is CCn1nc(C)c(Cl)c1CN1CC(C)(C)NCC1C1CC1. The summed E-state index contributed by atoms with van der Waals surface area (Å²) in [6.45, 7) is 12.7.